The summed E-state index contributed by atoms with van der Waals surface area (Å²) in [6, 6.07) is 9.88. The summed E-state index contributed by atoms with van der Waals surface area (Å²) in [5.41, 5.74) is 2.71. The number of ketones is 1. The maximum Gasteiger partial charge on any atom is 0.416 e. The van der Waals surface area contributed by atoms with Crippen LogP contribution in [0.2, 0.25) is 0 Å². The summed E-state index contributed by atoms with van der Waals surface area (Å²) in [5.74, 6) is -0.682. The Morgan fingerprint density at radius 3 is 2.62 bits per heavy atom. The van der Waals surface area contributed by atoms with Gasteiger partial charge in [0, 0.05) is 34.9 Å². The monoisotopic (exact) mass is 515 g/mol. The molecule has 2 aliphatic rings. The Morgan fingerprint density at radius 2 is 1.92 bits per heavy atom. The van der Waals surface area contributed by atoms with Gasteiger partial charge in [0.1, 0.15) is 18.1 Å². The number of alkyl halides is 3. The van der Waals surface area contributed by atoms with Crippen LogP contribution in [0.15, 0.2) is 65.0 Å². The molecule has 0 saturated carbocycles. The van der Waals surface area contributed by atoms with Crippen molar-refractivity contribution in [3.05, 3.63) is 81.7 Å². The molecule has 2 aromatic carbocycles. The topological polar surface area (TPSA) is 73.9 Å². The fourth-order valence-electron chi connectivity index (χ4n) is 4.81. The van der Waals surface area contributed by atoms with Crippen LogP contribution in [0, 0.1) is 0 Å². The van der Waals surface area contributed by atoms with E-state index >= 15 is 0 Å². The predicted octanol–water partition coefficient (Wildman–Crippen LogP) is 5.82. The number of ether oxygens (including phenoxy) is 3. The molecule has 0 bridgehead atoms. The van der Waals surface area contributed by atoms with Crippen LogP contribution >= 0.6 is 0 Å². The molecule has 1 N–H and O–H groups in total. The third kappa shape index (κ3) is 5.50. The van der Waals surface area contributed by atoms with Crippen molar-refractivity contribution in [1.82, 2.24) is 5.32 Å². The summed E-state index contributed by atoms with van der Waals surface area (Å²) < 4.78 is 55.8. The molecule has 0 unspecified atom stereocenters. The van der Waals surface area contributed by atoms with E-state index in [1.54, 1.807) is 32.0 Å². The number of hydrogen-bond donors (Lipinski definition) is 1. The number of rotatable bonds is 7. The lowest BCUT2D eigenvalue weighted by Gasteiger charge is -2.34. The van der Waals surface area contributed by atoms with Gasteiger partial charge in [-0.1, -0.05) is 12.1 Å². The zero-order valence-corrected chi connectivity index (χ0v) is 20.8. The second kappa shape index (κ2) is 10.7. The Morgan fingerprint density at radius 1 is 1.14 bits per heavy atom. The van der Waals surface area contributed by atoms with Crippen LogP contribution in [0.25, 0.3) is 0 Å². The van der Waals surface area contributed by atoms with E-state index in [0.717, 1.165) is 24.3 Å². The van der Waals surface area contributed by atoms with Crippen molar-refractivity contribution < 1.29 is 37.0 Å². The van der Waals surface area contributed by atoms with E-state index in [1.165, 1.54) is 19.2 Å². The van der Waals surface area contributed by atoms with E-state index < -0.39 is 23.6 Å². The molecule has 0 fully saturated rings. The van der Waals surface area contributed by atoms with Crippen LogP contribution in [0.5, 0.6) is 11.5 Å². The molecule has 0 radical (unpaired) electrons. The Balaban J connectivity index is 1.73. The highest BCUT2D eigenvalue weighted by atomic mass is 19.4. The minimum absolute atomic E-state index is 0.0365. The number of halogens is 3. The summed E-state index contributed by atoms with van der Waals surface area (Å²) in [5, 5.41) is 3.24. The number of methoxy groups -OCH3 is 1. The molecular weight excluding hydrogens is 487 g/mol. The van der Waals surface area contributed by atoms with Gasteiger partial charge in [0.15, 0.2) is 5.78 Å². The molecule has 9 heteroatoms. The molecular formula is C28H28F3NO5. The van der Waals surface area contributed by atoms with Gasteiger partial charge in [0.2, 0.25) is 0 Å². The Labute approximate surface area is 213 Å². The van der Waals surface area contributed by atoms with Crippen LogP contribution in [0.4, 0.5) is 13.2 Å². The lowest BCUT2D eigenvalue weighted by Crippen LogP contribution is -2.34. The fourth-order valence-corrected chi connectivity index (χ4v) is 4.81. The largest absolute Gasteiger partial charge is 0.496 e. The second-order valence-electron chi connectivity index (χ2n) is 8.87. The van der Waals surface area contributed by atoms with Gasteiger partial charge >= 0.3 is 12.1 Å². The normalized spacial score (nSPS) is 17.8. The highest BCUT2D eigenvalue weighted by Gasteiger charge is 2.39. The first-order valence-electron chi connectivity index (χ1n) is 12.0. The Bertz CT molecular complexity index is 1280. The molecule has 37 heavy (non-hydrogen) atoms. The first-order chi connectivity index (χ1) is 17.6. The zero-order valence-electron chi connectivity index (χ0n) is 20.8. The number of dihydropyridines is 1. The third-order valence-corrected chi connectivity index (χ3v) is 6.46. The summed E-state index contributed by atoms with van der Waals surface area (Å²) in [6.45, 7) is 3.59. The minimum atomic E-state index is -4.49. The Hall–Kier alpha value is -3.75. The molecule has 1 aliphatic carbocycles. The van der Waals surface area contributed by atoms with E-state index in [-0.39, 0.29) is 24.7 Å². The van der Waals surface area contributed by atoms with Crippen molar-refractivity contribution in [2.45, 2.75) is 51.8 Å². The number of benzene rings is 2. The lowest BCUT2D eigenvalue weighted by atomic mass is 9.75. The highest BCUT2D eigenvalue weighted by molar-refractivity contribution is 6.03. The Kier molecular flexibility index (Phi) is 7.61. The standard InChI is InChI=1S/C28H28F3NO5/c1-4-36-27(34)24-16(2)32-21-9-6-10-22(33)26(21)25(24)17-11-12-23(35-3)18(13-17)15-37-20-8-5-7-19(14-20)28(29,30)31/h5,7-8,11-14,25,32H,4,6,9-10,15H2,1-3H3/t25-/m1/s1. The van der Waals surface area contributed by atoms with Gasteiger partial charge in [-0.25, -0.2) is 4.79 Å². The van der Waals surface area contributed by atoms with E-state index in [1.807, 2.05) is 0 Å². The summed E-state index contributed by atoms with van der Waals surface area (Å²) >= 11 is 0. The number of carbonyl (C=O) groups excluding carboxylic acids is 2. The van der Waals surface area contributed by atoms with E-state index in [2.05, 4.69) is 5.32 Å². The average Bonchev–Trinajstić information content (AvgIpc) is 2.86. The molecule has 1 atom stereocenters. The van der Waals surface area contributed by atoms with Crippen LogP contribution in [-0.4, -0.2) is 25.5 Å². The predicted molar refractivity (Wildman–Crippen MR) is 130 cm³/mol. The molecule has 0 amide bonds. The number of hydrogen-bond acceptors (Lipinski definition) is 6. The van der Waals surface area contributed by atoms with Gasteiger partial charge < -0.3 is 19.5 Å². The first-order valence-corrected chi connectivity index (χ1v) is 12.0. The van der Waals surface area contributed by atoms with Crippen molar-refractivity contribution >= 4 is 11.8 Å². The number of carbonyl (C=O) groups is 2. The third-order valence-electron chi connectivity index (χ3n) is 6.46. The van der Waals surface area contributed by atoms with Crippen LogP contribution < -0.4 is 14.8 Å². The molecule has 1 aliphatic heterocycles. The van der Waals surface area contributed by atoms with Gasteiger partial charge in [0.25, 0.3) is 0 Å². The minimum Gasteiger partial charge on any atom is -0.496 e. The van der Waals surface area contributed by atoms with Crippen molar-refractivity contribution in [3.8, 4) is 11.5 Å². The molecule has 0 saturated heterocycles. The van der Waals surface area contributed by atoms with E-state index in [4.69, 9.17) is 14.2 Å². The SMILES string of the molecule is CCOC(=O)C1=C(C)NC2=C(C(=O)CCC2)[C@@H]1c1ccc(OC)c(COc2cccc(C(F)(F)F)c2)c1. The van der Waals surface area contributed by atoms with Crippen LogP contribution in [0.3, 0.4) is 0 Å². The van der Waals surface area contributed by atoms with Gasteiger partial charge in [-0.3, -0.25) is 4.79 Å². The highest BCUT2D eigenvalue weighted by Crippen LogP contribution is 2.43. The fraction of sp³-hybridized carbons (Fsp3) is 0.357. The molecule has 1 heterocycles. The summed E-state index contributed by atoms with van der Waals surface area (Å²) in [4.78, 5) is 26.1. The van der Waals surface area contributed by atoms with Gasteiger partial charge in [0.05, 0.1) is 24.9 Å². The van der Waals surface area contributed by atoms with Crippen molar-refractivity contribution in [2.75, 3.05) is 13.7 Å². The summed E-state index contributed by atoms with van der Waals surface area (Å²) in [6.07, 6.45) is -2.70. The quantitative estimate of drug-likeness (QED) is 0.468. The molecule has 0 spiro atoms. The maximum atomic E-state index is 13.1. The number of Topliss-reactive ketones (excluding diaryl/α,β-unsaturated/α-hetero) is 1. The zero-order chi connectivity index (χ0) is 26.7. The van der Waals surface area contributed by atoms with Crippen molar-refractivity contribution in [3.63, 3.8) is 0 Å². The van der Waals surface area contributed by atoms with E-state index in [9.17, 15) is 22.8 Å². The van der Waals surface area contributed by atoms with Gasteiger partial charge in [-0.05, 0) is 62.6 Å². The lowest BCUT2D eigenvalue weighted by molar-refractivity contribution is -0.139. The number of esters is 1. The van der Waals surface area contributed by atoms with Crippen LogP contribution in [0.1, 0.15) is 55.7 Å². The van der Waals surface area contributed by atoms with Gasteiger partial charge in [-0.2, -0.15) is 13.2 Å². The molecule has 4 rings (SSSR count). The molecule has 196 valence electrons. The number of nitrogens with one attached hydrogen (secondary N) is 1. The molecule has 2 aromatic rings. The second-order valence-corrected chi connectivity index (χ2v) is 8.87. The first kappa shape index (κ1) is 26.3. The average molecular weight is 516 g/mol. The maximum absolute atomic E-state index is 13.1. The smallest absolute Gasteiger partial charge is 0.416 e. The van der Waals surface area contributed by atoms with E-state index in [0.29, 0.717) is 46.6 Å². The molecule has 6 nitrogen and oxygen atoms in total. The van der Waals surface area contributed by atoms with Gasteiger partial charge in [-0.15, -0.1) is 0 Å². The number of allylic oxidation sites excluding steroid dienone is 3. The van der Waals surface area contributed by atoms with Crippen molar-refractivity contribution in [1.29, 1.82) is 0 Å². The molecule has 0 aromatic heterocycles. The summed E-state index contributed by atoms with van der Waals surface area (Å²) in [7, 11) is 1.48. The van der Waals surface area contributed by atoms with Crippen LogP contribution in [-0.2, 0) is 27.1 Å². The van der Waals surface area contributed by atoms with Crippen molar-refractivity contribution in [2.24, 2.45) is 0 Å².